The summed E-state index contributed by atoms with van der Waals surface area (Å²) in [5.74, 6) is -0.871. The summed E-state index contributed by atoms with van der Waals surface area (Å²) in [5, 5.41) is 17.7. The highest BCUT2D eigenvalue weighted by Crippen LogP contribution is 2.29. The number of nitriles is 1. The number of anilines is 1. The molecule has 0 atom stereocenters. The van der Waals surface area contributed by atoms with Crippen LogP contribution in [0.2, 0.25) is 0 Å². The number of benzene rings is 1. The Morgan fingerprint density at radius 2 is 2.35 bits per heavy atom. The van der Waals surface area contributed by atoms with E-state index in [4.69, 9.17) is 10.4 Å². The molecule has 1 aliphatic heterocycles. The quantitative estimate of drug-likeness (QED) is 0.863. The number of carboxylic acid groups (broad SMARTS) is 1. The van der Waals surface area contributed by atoms with Gasteiger partial charge >= 0.3 is 5.97 Å². The largest absolute Gasteiger partial charge is 0.478 e. The SMILES string of the molecule is N#CCCN1CCCc2c(C(=O)O)cccc21. The van der Waals surface area contributed by atoms with Gasteiger partial charge in [0.25, 0.3) is 0 Å². The lowest BCUT2D eigenvalue weighted by molar-refractivity contribution is 0.0695. The first-order chi connectivity index (χ1) is 8.24. The first-order valence-electron chi connectivity index (χ1n) is 5.71. The number of carboxylic acids is 1. The molecule has 0 saturated carbocycles. The molecule has 1 aromatic carbocycles. The van der Waals surface area contributed by atoms with E-state index in [1.54, 1.807) is 12.1 Å². The van der Waals surface area contributed by atoms with Gasteiger partial charge in [0.05, 0.1) is 18.1 Å². The fourth-order valence-corrected chi connectivity index (χ4v) is 2.32. The zero-order valence-corrected chi connectivity index (χ0v) is 9.52. The van der Waals surface area contributed by atoms with Crippen LogP contribution in [0, 0.1) is 11.3 Å². The Bertz CT molecular complexity index is 477. The third-order valence-electron chi connectivity index (χ3n) is 3.07. The summed E-state index contributed by atoms with van der Waals surface area (Å²) in [6, 6.07) is 7.49. The second kappa shape index (κ2) is 4.88. The smallest absolute Gasteiger partial charge is 0.336 e. The maximum absolute atomic E-state index is 11.1. The van der Waals surface area contributed by atoms with Crippen LogP contribution in [0.1, 0.15) is 28.8 Å². The van der Waals surface area contributed by atoms with Gasteiger partial charge in [-0.2, -0.15) is 5.26 Å². The van der Waals surface area contributed by atoms with Gasteiger partial charge in [0.1, 0.15) is 0 Å². The fourth-order valence-electron chi connectivity index (χ4n) is 2.32. The summed E-state index contributed by atoms with van der Waals surface area (Å²) in [6.07, 6.45) is 2.22. The average molecular weight is 230 g/mol. The number of fused-ring (bicyclic) bond motifs is 1. The minimum absolute atomic E-state index is 0.393. The van der Waals surface area contributed by atoms with E-state index in [2.05, 4.69) is 11.0 Å². The van der Waals surface area contributed by atoms with Crippen LogP contribution >= 0.6 is 0 Å². The molecule has 0 saturated heterocycles. The summed E-state index contributed by atoms with van der Waals surface area (Å²) < 4.78 is 0. The molecular formula is C13H14N2O2. The van der Waals surface area contributed by atoms with E-state index in [0.29, 0.717) is 18.5 Å². The van der Waals surface area contributed by atoms with E-state index in [9.17, 15) is 4.79 Å². The van der Waals surface area contributed by atoms with Crippen molar-refractivity contribution in [2.75, 3.05) is 18.0 Å². The summed E-state index contributed by atoms with van der Waals surface area (Å²) in [6.45, 7) is 1.57. The van der Waals surface area contributed by atoms with Crippen molar-refractivity contribution in [3.8, 4) is 6.07 Å². The van der Waals surface area contributed by atoms with Crippen molar-refractivity contribution < 1.29 is 9.90 Å². The van der Waals surface area contributed by atoms with Crippen molar-refractivity contribution in [2.24, 2.45) is 0 Å². The van der Waals surface area contributed by atoms with Gasteiger partial charge in [-0.1, -0.05) is 6.07 Å². The second-order valence-corrected chi connectivity index (χ2v) is 4.11. The highest BCUT2D eigenvalue weighted by Gasteiger charge is 2.21. The molecule has 1 aliphatic rings. The second-order valence-electron chi connectivity index (χ2n) is 4.11. The third kappa shape index (κ3) is 2.23. The monoisotopic (exact) mass is 230 g/mol. The van der Waals surface area contributed by atoms with Crippen LogP contribution in [0.5, 0.6) is 0 Å². The van der Waals surface area contributed by atoms with E-state index in [0.717, 1.165) is 30.6 Å². The Kier molecular flexibility index (Phi) is 3.29. The standard InChI is InChI=1S/C13H14N2O2/c14-7-3-9-15-8-2-5-10-11(13(16)17)4-1-6-12(10)15/h1,4,6H,2-3,5,8-9H2,(H,16,17). The molecule has 0 radical (unpaired) electrons. The van der Waals surface area contributed by atoms with Gasteiger partial charge in [-0.3, -0.25) is 0 Å². The summed E-state index contributed by atoms with van der Waals surface area (Å²) in [5.41, 5.74) is 2.28. The van der Waals surface area contributed by atoms with Crippen molar-refractivity contribution in [2.45, 2.75) is 19.3 Å². The first kappa shape index (κ1) is 11.5. The van der Waals surface area contributed by atoms with E-state index in [1.165, 1.54) is 0 Å². The molecule has 0 aromatic heterocycles. The van der Waals surface area contributed by atoms with Gasteiger partial charge in [0.2, 0.25) is 0 Å². The van der Waals surface area contributed by atoms with E-state index in [1.807, 2.05) is 6.07 Å². The molecule has 0 aliphatic carbocycles. The van der Waals surface area contributed by atoms with Crippen LogP contribution in [0.25, 0.3) is 0 Å². The summed E-state index contributed by atoms with van der Waals surface area (Å²) in [7, 11) is 0. The molecule has 4 nitrogen and oxygen atoms in total. The van der Waals surface area contributed by atoms with Crippen molar-refractivity contribution >= 4 is 11.7 Å². The molecule has 17 heavy (non-hydrogen) atoms. The fraction of sp³-hybridized carbons (Fsp3) is 0.385. The van der Waals surface area contributed by atoms with Crippen LogP contribution in [0.15, 0.2) is 18.2 Å². The number of aromatic carboxylic acids is 1. The first-order valence-corrected chi connectivity index (χ1v) is 5.71. The van der Waals surface area contributed by atoms with Gasteiger partial charge in [-0.15, -0.1) is 0 Å². The number of hydrogen-bond acceptors (Lipinski definition) is 3. The van der Waals surface area contributed by atoms with E-state index in [-0.39, 0.29) is 0 Å². The molecule has 1 N–H and O–H groups in total. The van der Waals surface area contributed by atoms with Gasteiger partial charge < -0.3 is 10.0 Å². The van der Waals surface area contributed by atoms with Crippen molar-refractivity contribution in [3.05, 3.63) is 29.3 Å². The number of carbonyl (C=O) groups is 1. The Labute approximate surface area is 100 Å². The lowest BCUT2D eigenvalue weighted by atomic mass is 9.96. The number of nitrogens with zero attached hydrogens (tertiary/aromatic N) is 2. The highest BCUT2D eigenvalue weighted by atomic mass is 16.4. The molecule has 1 aromatic rings. The number of hydrogen-bond donors (Lipinski definition) is 1. The van der Waals surface area contributed by atoms with Crippen molar-refractivity contribution in [1.82, 2.24) is 0 Å². The third-order valence-corrected chi connectivity index (χ3v) is 3.07. The van der Waals surface area contributed by atoms with E-state index < -0.39 is 5.97 Å². The topological polar surface area (TPSA) is 64.3 Å². The molecule has 2 rings (SSSR count). The molecule has 1 heterocycles. The molecule has 4 heteroatoms. The van der Waals surface area contributed by atoms with Crippen LogP contribution < -0.4 is 4.90 Å². The average Bonchev–Trinajstić information content (AvgIpc) is 2.35. The predicted octanol–water partition coefficient (Wildman–Crippen LogP) is 2.05. The Morgan fingerprint density at radius 3 is 3.06 bits per heavy atom. The predicted molar refractivity (Wildman–Crippen MR) is 64.2 cm³/mol. The molecule has 0 spiro atoms. The molecule has 0 fully saturated rings. The highest BCUT2D eigenvalue weighted by molar-refractivity contribution is 5.91. The normalized spacial score (nSPS) is 13.9. The molecule has 0 amide bonds. The number of rotatable bonds is 3. The summed E-state index contributed by atoms with van der Waals surface area (Å²) in [4.78, 5) is 13.2. The van der Waals surface area contributed by atoms with Crippen molar-refractivity contribution in [1.29, 1.82) is 5.26 Å². The lowest BCUT2D eigenvalue weighted by Crippen LogP contribution is -2.31. The van der Waals surface area contributed by atoms with Crippen LogP contribution in [0.4, 0.5) is 5.69 Å². The molecule has 0 unspecified atom stereocenters. The lowest BCUT2D eigenvalue weighted by Gasteiger charge is -2.31. The van der Waals surface area contributed by atoms with Gasteiger partial charge in [-0.05, 0) is 30.5 Å². The zero-order valence-electron chi connectivity index (χ0n) is 9.52. The minimum Gasteiger partial charge on any atom is -0.478 e. The van der Waals surface area contributed by atoms with Crippen LogP contribution in [-0.4, -0.2) is 24.2 Å². The molecular weight excluding hydrogens is 216 g/mol. The molecule has 0 bridgehead atoms. The van der Waals surface area contributed by atoms with Gasteiger partial charge in [-0.25, -0.2) is 4.79 Å². The van der Waals surface area contributed by atoms with Gasteiger partial charge in [0, 0.05) is 18.8 Å². The Hall–Kier alpha value is -2.02. The van der Waals surface area contributed by atoms with Crippen LogP contribution in [0.3, 0.4) is 0 Å². The Morgan fingerprint density at radius 1 is 1.53 bits per heavy atom. The minimum atomic E-state index is -0.871. The zero-order chi connectivity index (χ0) is 12.3. The van der Waals surface area contributed by atoms with E-state index >= 15 is 0 Å². The maximum atomic E-state index is 11.1. The maximum Gasteiger partial charge on any atom is 0.336 e. The van der Waals surface area contributed by atoms with Gasteiger partial charge in [0.15, 0.2) is 0 Å². The Balaban J connectivity index is 2.36. The van der Waals surface area contributed by atoms with Crippen molar-refractivity contribution in [3.63, 3.8) is 0 Å². The van der Waals surface area contributed by atoms with Crippen LogP contribution in [-0.2, 0) is 6.42 Å². The molecule has 88 valence electrons. The summed E-state index contributed by atoms with van der Waals surface area (Å²) >= 11 is 0.